The zero-order valence-electron chi connectivity index (χ0n) is 18.5. The van der Waals surface area contributed by atoms with Crippen molar-refractivity contribution >= 4 is 22.6 Å². The van der Waals surface area contributed by atoms with Crippen molar-refractivity contribution in [3.63, 3.8) is 0 Å². The maximum absolute atomic E-state index is 13.4. The fourth-order valence-electron chi connectivity index (χ4n) is 4.03. The van der Waals surface area contributed by atoms with Crippen molar-refractivity contribution in [2.45, 2.75) is 26.3 Å². The van der Waals surface area contributed by atoms with Gasteiger partial charge in [-0.25, -0.2) is 9.89 Å². The third-order valence-electron chi connectivity index (χ3n) is 5.66. The number of halogens is 1. The van der Waals surface area contributed by atoms with E-state index < -0.39 is 0 Å². The average molecular weight is 563 g/mol. The van der Waals surface area contributed by atoms with Crippen LogP contribution in [0.15, 0.2) is 77.9 Å². The molecule has 2 aromatic carbocycles. The highest BCUT2D eigenvalue weighted by atomic mass is 127. The van der Waals surface area contributed by atoms with Gasteiger partial charge in [-0.2, -0.15) is 0 Å². The van der Waals surface area contributed by atoms with Crippen LogP contribution in [-0.4, -0.2) is 34.7 Å². The van der Waals surface area contributed by atoms with E-state index in [1.165, 1.54) is 0 Å². The number of benzene rings is 2. The first kappa shape index (κ1) is 22.2. The predicted molar refractivity (Wildman–Crippen MR) is 139 cm³/mol. The smallest absolute Gasteiger partial charge is 0.292 e. The van der Waals surface area contributed by atoms with Gasteiger partial charge < -0.3 is 0 Å². The zero-order chi connectivity index (χ0) is 23.5. The van der Waals surface area contributed by atoms with E-state index in [4.69, 9.17) is 0 Å². The van der Waals surface area contributed by atoms with Crippen LogP contribution in [0.1, 0.15) is 24.6 Å². The lowest BCUT2D eigenvalue weighted by Crippen LogP contribution is -2.25. The molecule has 0 atom stereocenters. The van der Waals surface area contributed by atoms with Crippen molar-refractivity contribution in [3.05, 3.63) is 98.4 Å². The summed E-state index contributed by atoms with van der Waals surface area (Å²) >= 11 is 2.27. The van der Waals surface area contributed by atoms with Crippen molar-refractivity contribution in [2.24, 2.45) is 0 Å². The van der Waals surface area contributed by atoms with Gasteiger partial charge in [0.25, 0.3) is 0 Å². The summed E-state index contributed by atoms with van der Waals surface area (Å²) in [5, 5.41) is 14.1. The van der Waals surface area contributed by atoms with Gasteiger partial charge in [-0.15, -0.1) is 5.10 Å². The number of tetrazole rings is 1. The van der Waals surface area contributed by atoms with Crippen molar-refractivity contribution in [1.29, 1.82) is 0 Å². The van der Waals surface area contributed by atoms with Gasteiger partial charge in [0.05, 0.1) is 12.2 Å². The van der Waals surface area contributed by atoms with Gasteiger partial charge in [0.1, 0.15) is 5.69 Å². The molecule has 5 aromatic rings. The van der Waals surface area contributed by atoms with Gasteiger partial charge in [-0.1, -0.05) is 55.8 Å². The predicted octanol–water partition coefficient (Wildman–Crippen LogP) is 4.49. The van der Waals surface area contributed by atoms with Crippen molar-refractivity contribution in [3.8, 4) is 28.3 Å². The van der Waals surface area contributed by atoms with Crippen molar-refractivity contribution < 1.29 is 0 Å². The molecule has 0 fully saturated rings. The molecule has 0 unspecified atom stereocenters. The third kappa shape index (κ3) is 4.30. The van der Waals surface area contributed by atoms with E-state index in [1.54, 1.807) is 10.8 Å². The highest BCUT2D eigenvalue weighted by Crippen LogP contribution is 2.28. The second-order valence-corrected chi connectivity index (χ2v) is 9.07. The number of nitrogens with one attached hydrogen (secondary N) is 1. The van der Waals surface area contributed by atoms with Gasteiger partial charge in [0.2, 0.25) is 0 Å². The lowest BCUT2D eigenvalue weighted by molar-refractivity contribution is 0.691. The number of H-pyrrole nitrogens is 1. The Kier molecular flexibility index (Phi) is 6.35. The average Bonchev–Trinajstić information content (AvgIpc) is 3.50. The Bertz CT molecular complexity index is 1470. The molecular weight excluding hydrogens is 541 g/mol. The number of aromatic nitrogens is 7. The molecule has 1 N–H and O–H groups in total. The number of nitrogens with zero attached hydrogens (tertiary/aromatic N) is 6. The molecule has 0 aliphatic heterocycles. The number of aromatic amines is 1. The molecule has 0 saturated heterocycles. The first-order chi connectivity index (χ1) is 16.7. The largest absolute Gasteiger partial charge is 0.333 e. The number of imidazole rings is 1. The van der Waals surface area contributed by atoms with E-state index in [2.05, 4.69) is 67.3 Å². The third-order valence-corrected chi connectivity index (χ3v) is 6.58. The van der Waals surface area contributed by atoms with E-state index in [0.717, 1.165) is 44.5 Å². The van der Waals surface area contributed by atoms with Crippen LogP contribution in [0.2, 0.25) is 0 Å². The highest BCUT2D eigenvalue weighted by Gasteiger charge is 2.15. The first-order valence-electron chi connectivity index (χ1n) is 11.0. The molecule has 170 valence electrons. The Morgan fingerprint density at radius 2 is 1.85 bits per heavy atom. The molecule has 0 aliphatic carbocycles. The van der Waals surface area contributed by atoms with Crippen LogP contribution in [0.5, 0.6) is 0 Å². The van der Waals surface area contributed by atoms with E-state index in [1.807, 2.05) is 59.3 Å². The summed E-state index contributed by atoms with van der Waals surface area (Å²) < 4.78 is 4.67. The van der Waals surface area contributed by atoms with E-state index in [0.29, 0.717) is 18.1 Å². The molecule has 0 aliphatic rings. The molecule has 8 nitrogen and oxygen atoms in total. The molecule has 0 radical (unpaired) electrons. The summed E-state index contributed by atoms with van der Waals surface area (Å²) in [6.45, 7) is 2.64. The van der Waals surface area contributed by atoms with E-state index in [-0.39, 0.29) is 5.69 Å². The molecule has 3 heterocycles. The molecule has 0 amide bonds. The normalized spacial score (nSPS) is 11.1. The first-order valence-corrected chi connectivity index (χ1v) is 12.1. The van der Waals surface area contributed by atoms with Crippen LogP contribution >= 0.6 is 22.6 Å². The molecule has 3 aromatic heterocycles. The maximum atomic E-state index is 13.4. The van der Waals surface area contributed by atoms with Gasteiger partial charge in [-0.05, 0) is 68.8 Å². The van der Waals surface area contributed by atoms with Crippen LogP contribution < -0.4 is 5.69 Å². The lowest BCUT2D eigenvalue weighted by Gasteiger charge is -2.09. The summed E-state index contributed by atoms with van der Waals surface area (Å²) in [6, 6.07) is 20.0. The molecule has 5 rings (SSSR count). The SMILES string of the molecule is CCCc1cn(-c2ccccc2I)c(=O)n1Cc1ccc(-c2cccnc2-c2nnn[nH]2)cc1. The molecule has 9 heteroatoms. The molecule has 0 bridgehead atoms. The number of hydrogen-bond donors (Lipinski definition) is 1. The number of rotatable bonds is 7. The fraction of sp³-hybridized carbons (Fsp3) is 0.160. The highest BCUT2D eigenvalue weighted by molar-refractivity contribution is 14.1. The van der Waals surface area contributed by atoms with Crippen molar-refractivity contribution in [2.75, 3.05) is 0 Å². The number of aryl methyl sites for hydroxylation is 1. The fourth-order valence-corrected chi connectivity index (χ4v) is 4.68. The van der Waals surface area contributed by atoms with Gasteiger partial charge in [0.15, 0.2) is 5.82 Å². The van der Waals surface area contributed by atoms with Crippen LogP contribution in [-0.2, 0) is 13.0 Å². The molecule has 0 saturated carbocycles. The van der Waals surface area contributed by atoms with E-state index in [9.17, 15) is 4.79 Å². The van der Waals surface area contributed by atoms with Crippen LogP contribution in [0.25, 0.3) is 28.3 Å². The number of hydrogen-bond acceptors (Lipinski definition) is 5. The summed E-state index contributed by atoms with van der Waals surface area (Å²) in [7, 11) is 0. The Morgan fingerprint density at radius 3 is 2.59 bits per heavy atom. The Balaban J connectivity index is 1.48. The van der Waals surface area contributed by atoms with Crippen LogP contribution in [0.3, 0.4) is 0 Å². The Labute approximate surface area is 209 Å². The maximum Gasteiger partial charge on any atom is 0.333 e. The van der Waals surface area contributed by atoms with Gasteiger partial charge >= 0.3 is 5.69 Å². The summed E-state index contributed by atoms with van der Waals surface area (Å²) in [5.74, 6) is 0.521. The van der Waals surface area contributed by atoms with Gasteiger partial charge in [-0.3, -0.25) is 14.1 Å². The molecular formula is C25H22IN7O. The summed E-state index contributed by atoms with van der Waals surface area (Å²) in [5.41, 5.74) is 5.59. The molecule has 34 heavy (non-hydrogen) atoms. The quantitative estimate of drug-likeness (QED) is 0.295. The topological polar surface area (TPSA) is 94.3 Å². The summed E-state index contributed by atoms with van der Waals surface area (Å²) in [4.78, 5) is 17.8. The van der Waals surface area contributed by atoms with Gasteiger partial charge in [0, 0.05) is 27.2 Å². The Morgan fingerprint density at radius 1 is 1.03 bits per heavy atom. The minimum atomic E-state index is -0.0241. The minimum absolute atomic E-state index is 0.0241. The molecule has 0 spiro atoms. The Hall–Kier alpha value is -3.60. The minimum Gasteiger partial charge on any atom is -0.292 e. The summed E-state index contributed by atoms with van der Waals surface area (Å²) in [6.07, 6.45) is 5.50. The lowest BCUT2D eigenvalue weighted by atomic mass is 10.0. The number of pyridine rings is 1. The standard InChI is InChI=1S/C25H22IN7O/c1-2-6-19-16-33(22-9-4-3-8-21(22)26)25(34)32(19)15-17-10-12-18(13-11-17)20-7-5-14-27-23(20)24-28-30-31-29-24/h3-5,7-14,16H,2,6,15H2,1H3,(H,28,29,30,31). The second kappa shape index (κ2) is 9.72. The van der Waals surface area contributed by atoms with Crippen LogP contribution in [0, 0.1) is 3.57 Å². The number of para-hydroxylation sites is 1. The van der Waals surface area contributed by atoms with Crippen LogP contribution in [0.4, 0.5) is 0 Å². The van der Waals surface area contributed by atoms with E-state index >= 15 is 0 Å². The monoisotopic (exact) mass is 563 g/mol. The van der Waals surface area contributed by atoms with Crippen molar-refractivity contribution in [1.82, 2.24) is 34.7 Å². The zero-order valence-corrected chi connectivity index (χ0v) is 20.7. The second-order valence-electron chi connectivity index (χ2n) is 7.91.